The summed E-state index contributed by atoms with van der Waals surface area (Å²) in [4.78, 5) is 11.3. The molecule has 0 bridgehead atoms. The van der Waals surface area contributed by atoms with Crippen LogP contribution in [0.1, 0.15) is 23.2 Å². The Labute approximate surface area is 94.0 Å². The van der Waals surface area contributed by atoms with Crippen molar-refractivity contribution in [3.63, 3.8) is 0 Å². The second-order valence-electron chi connectivity index (χ2n) is 3.17. The summed E-state index contributed by atoms with van der Waals surface area (Å²) in [5, 5.41) is -0.280. The first kappa shape index (κ1) is 13.0. The molecule has 0 N–H and O–H groups in total. The maximum Gasteiger partial charge on any atom is 0.389 e. The number of rotatable bonds is 3. The summed E-state index contributed by atoms with van der Waals surface area (Å²) in [6, 6.07) is 3.08. The van der Waals surface area contributed by atoms with Gasteiger partial charge >= 0.3 is 6.18 Å². The summed E-state index contributed by atoms with van der Waals surface area (Å²) in [7, 11) is 0. The standard InChI is InChI=1S/C10H7ClF4O/c11-7-5-6(1-2-8(7)12)9(16)3-4-10(13,14)15/h1-2,5H,3-4H2. The Bertz CT molecular complexity index is 400. The predicted molar refractivity (Wildman–Crippen MR) is 51.0 cm³/mol. The lowest BCUT2D eigenvalue weighted by atomic mass is 10.1. The minimum absolute atomic E-state index is 0.0179. The van der Waals surface area contributed by atoms with Crippen LogP contribution in [0.3, 0.4) is 0 Å². The van der Waals surface area contributed by atoms with E-state index in [2.05, 4.69) is 0 Å². The molecule has 1 aromatic rings. The second-order valence-corrected chi connectivity index (χ2v) is 3.57. The SMILES string of the molecule is O=C(CCC(F)(F)F)c1ccc(F)c(Cl)c1. The Morgan fingerprint density at radius 3 is 2.44 bits per heavy atom. The highest BCUT2D eigenvalue weighted by Gasteiger charge is 2.28. The third-order valence-electron chi connectivity index (χ3n) is 1.88. The molecule has 0 heterocycles. The highest BCUT2D eigenvalue weighted by Crippen LogP contribution is 2.23. The lowest BCUT2D eigenvalue weighted by molar-refractivity contribution is -0.133. The average molecular weight is 255 g/mol. The molecule has 0 fully saturated rings. The first-order valence-corrected chi connectivity index (χ1v) is 4.72. The number of carbonyl (C=O) groups excluding carboxylic acids is 1. The quantitative estimate of drug-likeness (QED) is 0.588. The minimum atomic E-state index is -4.38. The molecule has 1 rings (SSSR count). The van der Waals surface area contributed by atoms with Gasteiger partial charge in [-0.2, -0.15) is 13.2 Å². The van der Waals surface area contributed by atoms with Gasteiger partial charge in [0.15, 0.2) is 5.78 Å². The van der Waals surface area contributed by atoms with Crippen LogP contribution in [0.15, 0.2) is 18.2 Å². The van der Waals surface area contributed by atoms with Crippen molar-refractivity contribution in [3.8, 4) is 0 Å². The monoisotopic (exact) mass is 254 g/mol. The number of halogens is 5. The zero-order valence-corrected chi connectivity index (χ0v) is 8.70. The van der Waals surface area contributed by atoms with Crippen LogP contribution in [-0.4, -0.2) is 12.0 Å². The third-order valence-corrected chi connectivity index (χ3v) is 2.17. The second kappa shape index (κ2) is 4.82. The number of hydrogen-bond acceptors (Lipinski definition) is 1. The zero-order valence-electron chi connectivity index (χ0n) is 7.94. The molecular formula is C10H7ClF4O. The van der Waals surface area contributed by atoms with Crippen LogP contribution in [0.4, 0.5) is 17.6 Å². The topological polar surface area (TPSA) is 17.1 Å². The molecule has 0 amide bonds. The number of Topliss-reactive ketones (excluding diaryl/α,β-unsaturated/α-hetero) is 1. The van der Waals surface area contributed by atoms with E-state index in [0.717, 1.165) is 18.2 Å². The van der Waals surface area contributed by atoms with Crippen molar-refractivity contribution < 1.29 is 22.4 Å². The largest absolute Gasteiger partial charge is 0.389 e. The van der Waals surface area contributed by atoms with E-state index in [-0.39, 0.29) is 10.6 Å². The summed E-state index contributed by atoms with van der Waals surface area (Å²) in [6.45, 7) is 0. The molecule has 0 aliphatic carbocycles. The number of hydrogen-bond donors (Lipinski definition) is 0. The molecular weight excluding hydrogens is 248 g/mol. The molecule has 6 heteroatoms. The number of carbonyl (C=O) groups is 1. The fraction of sp³-hybridized carbons (Fsp3) is 0.300. The molecule has 1 nitrogen and oxygen atoms in total. The van der Waals surface area contributed by atoms with Gasteiger partial charge in [0.2, 0.25) is 0 Å². The van der Waals surface area contributed by atoms with Crippen molar-refractivity contribution >= 4 is 17.4 Å². The Balaban J connectivity index is 2.70. The maximum atomic E-state index is 12.7. The molecule has 0 aliphatic rings. The van der Waals surface area contributed by atoms with Crippen LogP contribution < -0.4 is 0 Å². The van der Waals surface area contributed by atoms with Crippen LogP contribution in [-0.2, 0) is 0 Å². The van der Waals surface area contributed by atoms with Crippen LogP contribution >= 0.6 is 11.6 Å². The van der Waals surface area contributed by atoms with Crippen molar-refractivity contribution in [2.45, 2.75) is 19.0 Å². The molecule has 16 heavy (non-hydrogen) atoms. The Hall–Kier alpha value is -1.10. The first-order valence-electron chi connectivity index (χ1n) is 4.34. The zero-order chi connectivity index (χ0) is 12.3. The number of ketones is 1. The van der Waals surface area contributed by atoms with Gasteiger partial charge in [-0.05, 0) is 18.2 Å². The van der Waals surface area contributed by atoms with E-state index in [9.17, 15) is 22.4 Å². The van der Waals surface area contributed by atoms with Gasteiger partial charge < -0.3 is 0 Å². The van der Waals surface area contributed by atoms with Crippen molar-refractivity contribution in [3.05, 3.63) is 34.6 Å². The van der Waals surface area contributed by atoms with E-state index in [1.165, 1.54) is 0 Å². The third kappa shape index (κ3) is 3.81. The Morgan fingerprint density at radius 1 is 1.31 bits per heavy atom. The van der Waals surface area contributed by atoms with E-state index < -0.39 is 30.6 Å². The van der Waals surface area contributed by atoms with E-state index in [0.29, 0.717) is 0 Å². The summed E-state index contributed by atoms with van der Waals surface area (Å²) in [6.07, 6.45) is -6.23. The van der Waals surface area contributed by atoms with Gasteiger partial charge in [-0.1, -0.05) is 11.6 Å². The van der Waals surface area contributed by atoms with Crippen LogP contribution in [0.25, 0.3) is 0 Å². The summed E-state index contributed by atoms with van der Waals surface area (Å²) >= 11 is 5.40. The molecule has 0 saturated heterocycles. The number of alkyl halides is 3. The maximum absolute atomic E-state index is 12.7. The van der Waals surface area contributed by atoms with Crippen LogP contribution in [0.5, 0.6) is 0 Å². The van der Waals surface area contributed by atoms with Gasteiger partial charge in [0.1, 0.15) is 5.82 Å². The van der Waals surface area contributed by atoms with Gasteiger partial charge in [-0.25, -0.2) is 4.39 Å². The van der Waals surface area contributed by atoms with Crippen LogP contribution in [0, 0.1) is 5.82 Å². The molecule has 1 aromatic carbocycles. The highest BCUT2D eigenvalue weighted by atomic mass is 35.5. The molecule has 0 saturated carbocycles. The van der Waals surface area contributed by atoms with Gasteiger partial charge in [-0.15, -0.1) is 0 Å². The first-order chi connectivity index (χ1) is 7.29. The summed E-state index contributed by atoms with van der Waals surface area (Å²) in [5.74, 6) is -1.42. The lowest BCUT2D eigenvalue weighted by Gasteiger charge is -2.05. The van der Waals surface area contributed by atoms with Gasteiger partial charge in [0.25, 0.3) is 0 Å². The molecule has 0 aromatic heterocycles. The van der Waals surface area contributed by atoms with Crippen molar-refractivity contribution in [2.75, 3.05) is 0 Å². The highest BCUT2D eigenvalue weighted by molar-refractivity contribution is 6.31. The average Bonchev–Trinajstić information content (AvgIpc) is 2.17. The van der Waals surface area contributed by atoms with E-state index in [4.69, 9.17) is 11.6 Å². The molecule has 0 atom stereocenters. The van der Waals surface area contributed by atoms with E-state index >= 15 is 0 Å². The normalized spacial score (nSPS) is 11.6. The minimum Gasteiger partial charge on any atom is -0.294 e. The Morgan fingerprint density at radius 2 is 1.94 bits per heavy atom. The fourth-order valence-corrected chi connectivity index (χ4v) is 1.25. The summed E-state index contributed by atoms with van der Waals surface area (Å²) in [5.41, 5.74) is -0.0179. The smallest absolute Gasteiger partial charge is 0.294 e. The van der Waals surface area contributed by atoms with Crippen molar-refractivity contribution in [1.29, 1.82) is 0 Å². The fourth-order valence-electron chi connectivity index (χ4n) is 1.07. The molecule has 0 aliphatic heterocycles. The molecule has 88 valence electrons. The van der Waals surface area contributed by atoms with E-state index in [1.807, 2.05) is 0 Å². The van der Waals surface area contributed by atoms with Gasteiger partial charge in [0.05, 0.1) is 11.4 Å². The lowest BCUT2D eigenvalue weighted by Crippen LogP contribution is -2.11. The van der Waals surface area contributed by atoms with Crippen molar-refractivity contribution in [1.82, 2.24) is 0 Å². The summed E-state index contributed by atoms with van der Waals surface area (Å²) < 4.78 is 48.2. The van der Waals surface area contributed by atoms with Crippen molar-refractivity contribution in [2.24, 2.45) is 0 Å². The molecule has 0 spiro atoms. The molecule has 0 unspecified atom stereocenters. The van der Waals surface area contributed by atoms with Crippen LogP contribution in [0.2, 0.25) is 5.02 Å². The van der Waals surface area contributed by atoms with Gasteiger partial charge in [-0.3, -0.25) is 4.79 Å². The van der Waals surface area contributed by atoms with Gasteiger partial charge in [0, 0.05) is 12.0 Å². The predicted octanol–water partition coefficient (Wildman–Crippen LogP) is 4.00. The van der Waals surface area contributed by atoms with E-state index in [1.54, 1.807) is 0 Å². The molecule has 0 radical (unpaired) electrons. The number of benzene rings is 1. The Kier molecular flexibility index (Phi) is 3.91.